The Morgan fingerprint density at radius 1 is 1.21 bits per heavy atom. The number of halogens is 1. The molecule has 29 heavy (non-hydrogen) atoms. The Kier molecular flexibility index (Phi) is 7.28. The van der Waals surface area contributed by atoms with Crippen LogP contribution in [0.1, 0.15) is 12.0 Å². The smallest absolute Gasteiger partial charge is 0.243 e. The minimum atomic E-state index is -3.61. The number of sulfonamides is 1. The lowest BCUT2D eigenvalue weighted by atomic mass is 10.1. The number of morpholine rings is 1. The number of nitrogens with one attached hydrogen (secondary N) is 1. The maximum Gasteiger partial charge on any atom is 0.243 e. The molecule has 1 heterocycles. The van der Waals surface area contributed by atoms with E-state index < -0.39 is 10.0 Å². The summed E-state index contributed by atoms with van der Waals surface area (Å²) in [6, 6.07) is 12.1. The predicted octanol–water partition coefficient (Wildman–Crippen LogP) is 3.05. The fraction of sp³-hybridized carbons (Fsp3) is 0.350. The molecule has 0 aliphatic carbocycles. The van der Waals surface area contributed by atoms with Crippen LogP contribution < -0.4 is 10.1 Å². The van der Waals surface area contributed by atoms with Crippen molar-refractivity contribution in [2.75, 3.05) is 38.7 Å². The third-order valence-electron chi connectivity index (χ3n) is 4.59. The molecule has 0 bridgehead atoms. The lowest BCUT2D eigenvalue weighted by Gasteiger charge is -2.26. The van der Waals surface area contributed by atoms with Crippen molar-refractivity contribution in [3.05, 3.63) is 52.5 Å². The van der Waals surface area contributed by atoms with Gasteiger partial charge in [-0.3, -0.25) is 4.79 Å². The molecule has 3 rings (SSSR count). The summed E-state index contributed by atoms with van der Waals surface area (Å²) in [5.41, 5.74) is 1.37. The van der Waals surface area contributed by atoms with Gasteiger partial charge in [-0.1, -0.05) is 22.0 Å². The number of methoxy groups -OCH3 is 1. The number of carbonyl (C=O) groups is 1. The quantitative estimate of drug-likeness (QED) is 0.655. The number of nitrogens with zero attached hydrogens (tertiary/aromatic N) is 1. The van der Waals surface area contributed by atoms with Gasteiger partial charge in [0.2, 0.25) is 15.9 Å². The van der Waals surface area contributed by atoms with Crippen molar-refractivity contribution in [3.63, 3.8) is 0 Å². The molecule has 1 fully saturated rings. The van der Waals surface area contributed by atoms with Crippen molar-refractivity contribution >= 4 is 37.5 Å². The topological polar surface area (TPSA) is 84.9 Å². The number of anilines is 1. The predicted molar refractivity (Wildman–Crippen MR) is 114 cm³/mol. The van der Waals surface area contributed by atoms with E-state index in [9.17, 15) is 13.2 Å². The molecule has 1 saturated heterocycles. The van der Waals surface area contributed by atoms with E-state index in [0.717, 1.165) is 4.47 Å². The number of rotatable bonds is 7. The van der Waals surface area contributed by atoms with Crippen LogP contribution >= 0.6 is 15.9 Å². The maximum absolute atomic E-state index is 12.9. The molecule has 0 saturated carbocycles. The number of hydrogen-bond donors (Lipinski definition) is 1. The van der Waals surface area contributed by atoms with Crippen LogP contribution in [0.15, 0.2) is 51.8 Å². The highest BCUT2D eigenvalue weighted by molar-refractivity contribution is 9.10. The van der Waals surface area contributed by atoms with Crippen LogP contribution in [0.2, 0.25) is 0 Å². The fourth-order valence-electron chi connectivity index (χ4n) is 3.08. The van der Waals surface area contributed by atoms with E-state index in [4.69, 9.17) is 9.47 Å². The van der Waals surface area contributed by atoms with Gasteiger partial charge >= 0.3 is 0 Å². The largest absolute Gasteiger partial charge is 0.496 e. The van der Waals surface area contributed by atoms with Crippen LogP contribution in [0.5, 0.6) is 5.75 Å². The normalized spacial score (nSPS) is 15.1. The standard InChI is InChI=1S/C20H23BrN2O5S/c1-27-19-7-6-18(29(25,26)23-9-11-28-12-10-23)13-15(19)5-8-20(24)22-17-4-2-3-16(21)14-17/h2-4,6-7,13-14H,5,8-12H2,1H3,(H,22,24). The average molecular weight is 483 g/mol. The number of benzene rings is 2. The van der Waals surface area contributed by atoms with Gasteiger partial charge in [0, 0.05) is 29.7 Å². The summed E-state index contributed by atoms with van der Waals surface area (Å²) in [5, 5.41) is 2.84. The summed E-state index contributed by atoms with van der Waals surface area (Å²) >= 11 is 3.37. The molecule has 0 spiro atoms. The van der Waals surface area contributed by atoms with Gasteiger partial charge in [0.1, 0.15) is 5.75 Å². The molecule has 2 aromatic carbocycles. The molecule has 1 aliphatic rings. The Bertz CT molecular complexity index is 975. The van der Waals surface area contributed by atoms with E-state index in [0.29, 0.717) is 49.7 Å². The molecule has 0 unspecified atom stereocenters. The lowest BCUT2D eigenvalue weighted by Crippen LogP contribution is -2.40. The first-order valence-corrected chi connectivity index (χ1v) is 11.4. The highest BCUT2D eigenvalue weighted by Gasteiger charge is 2.27. The second-order valence-corrected chi connectivity index (χ2v) is 9.40. The summed E-state index contributed by atoms with van der Waals surface area (Å²) in [5.74, 6) is 0.396. The molecule has 2 aromatic rings. The SMILES string of the molecule is COc1ccc(S(=O)(=O)N2CCOCC2)cc1CCC(=O)Nc1cccc(Br)c1. The molecule has 1 amide bonds. The summed E-state index contributed by atoms with van der Waals surface area (Å²) < 4.78 is 38.7. The van der Waals surface area contributed by atoms with Gasteiger partial charge in [0.25, 0.3) is 0 Å². The molecule has 0 aromatic heterocycles. The Labute approximate surface area is 179 Å². The average Bonchev–Trinajstić information content (AvgIpc) is 2.72. The summed E-state index contributed by atoms with van der Waals surface area (Å²) in [4.78, 5) is 12.5. The summed E-state index contributed by atoms with van der Waals surface area (Å²) in [7, 11) is -2.09. The van der Waals surface area contributed by atoms with Crippen LogP contribution in [0.4, 0.5) is 5.69 Å². The van der Waals surface area contributed by atoms with E-state index in [2.05, 4.69) is 21.2 Å². The second-order valence-electron chi connectivity index (χ2n) is 6.55. The zero-order chi connectivity index (χ0) is 20.9. The molecule has 9 heteroatoms. The number of carbonyl (C=O) groups excluding carboxylic acids is 1. The molecule has 156 valence electrons. The van der Waals surface area contributed by atoms with Crippen molar-refractivity contribution in [2.24, 2.45) is 0 Å². The van der Waals surface area contributed by atoms with Gasteiger partial charge in [-0.2, -0.15) is 4.31 Å². The van der Waals surface area contributed by atoms with Crippen LogP contribution in [0.25, 0.3) is 0 Å². The molecule has 1 aliphatic heterocycles. The molecule has 7 nitrogen and oxygen atoms in total. The van der Waals surface area contributed by atoms with Crippen molar-refractivity contribution in [1.82, 2.24) is 4.31 Å². The number of amides is 1. The third-order valence-corrected chi connectivity index (χ3v) is 6.98. The lowest BCUT2D eigenvalue weighted by molar-refractivity contribution is -0.116. The molecule has 0 atom stereocenters. The van der Waals surface area contributed by atoms with Gasteiger partial charge in [-0.25, -0.2) is 8.42 Å². The highest BCUT2D eigenvalue weighted by atomic mass is 79.9. The Balaban J connectivity index is 1.72. The van der Waals surface area contributed by atoms with Crippen LogP contribution in [0.3, 0.4) is 0 Å². The zero-order valence-corrected chi connectivity index (χ0v) is 18.5. The van der Waals surface area contributed by atoms with Gasteiger partial charge in [0.05, 0.1) is 25.2 Å². The van der Waals surface area contributed by atoms with Gasteiger partial charge in [-0.15, -0.1) is 0 Å². The zero-order valence-electron chi connectivity index (χ0n) is 16.1. The number of ether oxygens (including phenoxy) is 2. The first-order chi connectivity index (χ1) is 13.9. The number of aryl methyl sites for hydroxylation is 1. The first kappa shape index (κ1) is 21.8. The number of hydrogen-bond acceptors (Lipinski definition) is 5. The van der Waals surface area contributed by atoms with E-state index in [1.807, 2.05) is 18.2 Å². The van der Waals surface area contributed by atoms with Crippen molar-refractivity contribution in [2.45, 2.75) is 17.7 Å². The third kappa shape index (κ3) is 5.57. The molecular formula is C20H23BrN2O5S. The van der Waals surface area contributed by atoms with Crippen molar-refractivity contribution < 1.29 is 22.7 Å². The Morgan fingerprint density at radius 3 is 2.66 bits per heavy atom. The van der Waals surface area contributed by atoms with Crippen molar-refractivity contribution in [3.8, 4) is 5.75 Å². The maximum atomic E-state index is 12.9. The van der Waals surface area contributed by atoms with Crippen LogP contribution in [-0.2, 0) is 26.0 Å². The summed E-state index contributed by atoms with van der Waals surface area (Å²) in [6.07, 6.45) is 0.555. The van der Waals surface area contributed by atoms with Gasteiger partial charge in [-0.05, 0) is 48.4 Å². The molecular weight excluding hydrogens is 460 g/mol. The monoisotopic (exact) mass is 482 g/mol. The first-order valence-electron chi connectivity index (χ1n) is 9.20. The second kappa shape index (κ2) is 9.71. The van der Waals surface area contributed by atoms with E-state index in [1.54, 1.807) is 18.2 Å². The fourth-order valence-corrected chi connectivity index (χ4v) is 4.94. The van der Waals surface area contributed by atoms with Gasteiger partial charge < -0.3 is 14.8 Å². The van der Waals surface area contributed by atoms with Crippen LogP contribution in [0, 0.1) is 0 Å². The van der Waals surface area contributed by atoms with E-state index in [-0.39, 0.29) is 17.2 Å². The minimum absolute atomic E-state index is 0.161. The molecule has 0 radical (unpaired) electrons. The molecule has 1 N–H and O–H groups in total. The van der Waals surface area contributed by atoms with Crippen LogP contribution in [-0.4, -0.2) is 52.0 Å². The Morgan fingerprint density at radius 2 is 1.97 bits per heavy atom. The minimum Gasteiger partial charge on any atom is -0.496 e. The van der Waals surface area contributed by atoms with Gasteiger partial charge in [0.15, 0.2) is 0 Å². The summed E-state index contributed by atoms with van der Waals surface area (Å²) in [6.45, 7) is 1.44. The highest BCUT2D eigenvalue weighted by Crippen LogP contribution is 2.26. The Hall–Kier alpha value is -1.94. The van der Waals surface area contributed by atoms with E-state index in [1.165, 1.54) is 17.5 Å². The van der Waals surface area contributed by atoms with E-state index >= 15 is 0 Å². The van der Waals surface area contributed by atoms with Crippen molar-refractivity contribution in [1.29, 1.82) is 0 Å².